The van der Waals surface area contributed by atoms with Crippen LogP contribution in [0.2, 0.25) is 10.0 Å². The Hall–Kier alpha value is -2.37. The number of nitrogens with zero attached hydrogens (tertiary/aromatic N) is 3. The van der Waals surface area contributed by atoms with Gasteiger partial charge in [-0.05, 0) is 24.6 Å². The van der Waals surface area contributed by atoms with Crippen LogP contribution in [-0.2, 0) is 6.54 Å². The van der Waals surface area contributed by atoms with E-state index in [1.165, 1.54) is 11.8 Å². The molecule has 0 amide bonds. The topological polar surface area (TPSA) is 62.7 Å². The number of aromatic nitrogens is 3. The van der Waals surface area contributed by atoms with Crippen LogP contribution >= 0.6 is 23.2 Å². The molecule has 0 bridgehead atoms. The van der Waals surface area contributed by atoms with Crippen molar-refractivity contribution < 1.29 is 0 Å². The molecule has 1 aromatic heterocycles. The molecule has 0 saturated heterocycles. The van der Waals surface area contributed by atoms with Gasteiger partial charge in [-0.15, -0.1) is 5.10 Å². The molecule has 0 aliphatic heterocycles. The molecule has 0 saturated carbocycles. The second kappa shape index (κ2) is 7.47. The third kappa shape index (κ3) is 4.13. The standard InChI is InChI=1S/C17H15Cl2N5/c1-11-4-2-5-12(8-11)9-20-17-23-15(10-21-24-17)22-16-13(18)6-3-7-14(16)19/h2-8,10H,9H2,1H3,(H2,20,22,23,24). The minimum absolute atomic E-state index is 0.421. The summed E-state index contributed by atoms with van der Waals surface area (Å²) >= 11 is 12.3. The lowest BCUT2D eigenvalue weighted by atomic mass is 10.1. The van der Waals surface area contributed by atoms with Gasteiger partial charge < -0.3 is 10.6 Å². The van der Waals surface area contributed by atoms with Crippen molar-refractivity contribution in [2.45, 2.75) is 13.5 Å². The molecule has 3 aromatic rings. The van der Waals surface area contributed by atoms with Gasteiger partial charge in [0, 0.05) is 6.54 Å². The van der Waals surface area contributed by atoms with Crippen LogP contribution in [0.3, 0.4) is 0 Å². The van der Waals surface area contributed by atoms with Crippen LogP contribution in [-0.4, -0.2) is 15.2 Å². The van der Waals surface area contributed by atoms with Crippen LogP contribution in [0.5, 0.6) is 0 Å². The normalized spacial score (nSPS) is 10.5. The highest BCUT2D eigenvalue weighted by Crippen LogP contribution is 2.31. The Morgan fingerprint density at radius 3 is 2.54 bits per heavy atom. The predicted octanol–water partition coefficient (Wildman–Crippen LogP) is 4.84. The first kappa shape index (κ1) is 16.5. The molecule has 0 fully saturated rings. The van der Waals surface area contributed by atoms with Crippen LogP contribution in [0.15, 0.2) is 48.7 Å². The fraction of sp³-hybridized carbons (Fsp3) is 0.118. The van der Waals surface area contributed by atoms with E-state index in [2.05, 4.69) is 44.9 Å². The van der Waals surface area contributed by atoms with Gasteiger partial charge in [0.05, 0.1) is 21.9 Å². The molecule has 2 N–H and O–H groups in total. The fourth-order valence-electron chi connectivity index (χ4n) is 2.19. The predicted molar refractivity (Wildman–Crippen MR) is 98.1 cm³/mol. The Labute approximate surface area is 150 Å². The fourth-order valence-corrected chi connectivity index (χ4v) is 2.68. The molecule has 2 aromatic carbocycles. The molecule has 0 unspecified atom stereocenters. The second-order valence-corrected chi connectivity index (χ2v) is 6.04. The van der Waals surface area contributed by atoms with E-state index < -0.39 is 0 Å². The average Bonchev–Trinajstić information content (AvgIpc) is 2.57. The first-order valence-corrected chi connectivity index (χ1v) is 8.07. The van der Waals surface area contributed by atoms with E-state index >= 15 is 0 Å². The molecule has 0 aliphatic rings. The number of nitrogens with one attached hydrogen (secondary N) is 2. The number of halogens is 2. The highest BCUT2D eigenvalue weighted by molar-refractivity contribution is 6.39. The van der Waals surface area contributed by atoms with Crippen molar-refractivity contribution in [1.82, 2.24) is 15.2 Å². The van der Waals surface area contributed by atoms with E-state index in [0.29, 0.717) is 34.0 Å². The summed E-state index contributed by atoms with van der Waals surface area (Å²) in [6.45, 7) is 2.67. The molecule has 1 heterocycles. The van der Waals surface area contributed by atoms with Gasteiger partial charge >= 0.3 is 0 Å². The molecule has 5 nitrogen and oxygen atoms in total. The monoisotopic (exact) mass is 359 g/mol. The Kier molecular flexibility index (Phi) is 5.13. The summed E-state index contributed by atoms with van der Waals surface area (Å²) < 4.78 is 0. The number of hydrogen-bond donors (Lipinski definition) is 2. The zero-order valence-electron chi connectivity index (χ0n) is 12.9. The van der Waals surface area contributed by atoms with Crippen LogP contribution in [0.1, 0.15) is 11.1 Å². The van der Waals surface area contributed by atoms with Gasteiger partial charge in [0.15, 0.2) is 5.82 Å². The maximum absolute atomic E-state index is 6.15. The number of anilines is 3. The van der Waals surface area contributed by atoms with Gasteiger partial charge in [0.2, 0.25) is 5.95 Å². The first-order valence-electron chi connectivity index (χ1n) is 7.32. The zero-order chi connectivity index (χ0) is 16.9. The van der Waals surface area contributed by atoms with Gasteiger partial charge in [-0.2, -0.15) is 10.1 Å². The molecule has 0 aliphatic carbocycles. The first-order chi connectivity index (χ1) is 11.6. The molecule has 0 atom stereocenters. The van der Waals surface area contributed by atoms with E-state index in [0.717, 1.165) is 5.56 Å². The van der Waals surface area contributed by atoms with Gasteiger partial charge in [-0.1, -0.05) is 59.1 Å². The maximum atomic E-state index is 6.15. The minimum atomic E-state index is 0.421. The summed E-state index contributed by atoms with van der Waals surface area (Å²) in [6.07, 6.45) is 1.51. The summed E-state index contributed by atoms with van der Waals surface area (Å²) in [4.78, 5) is 4.37. The number of para-hydroxylation sites is 1. The van der Waals surface area contributed by atoms with Gasteiger partial charge in [0.25, 0.3) is 0 Å². The largest absolute Gasteiger partial charge is 0.349 e. The third-order valence-electron chi connectivity index (χ3n) is 3.31. The van der Waals surface area contributed by atoms with Crippen molar-refractivity contribution in [3.63, 3.8) is 0 Å². The van der Waals surface area contributed by atoms with Crippen molar-refractivity contribution in [2.75, 3.05) is 10.6 Å². The highest BCUT2D eigenvalue weighted by atomic mass is 35.5. The highest BCUT2D eigenvalue weighted by Gasteiger charge is 2.07. The summed E-state index contributed by atoms with van der Waals surface area (Å²) in [6, 6.07) is 13.5. The van der Waals surface area contributed by atoms with Crippen molar-refractivity contribution in [2.24, 2.45) is 0 Å². The van der Waals surface area contributed by atoms with Crippen molar-refractivity contribution >= 4 is 40.7 Å². The average molecular weight is 360 g/mol. The van der Waals surface area contributed by atoms with Gasteiger partial charge in [-0.3, -0.25) is 0 Å². The lowest BCUT2D eigenvalue weighted by Crippen LogP contribution is -2.06. The van der Waals surface area contributed by atoms with E-state index in [1.807, 2.05) is 12.1 Å². The van der Waals surface area contributed by atoms with Crippen LogP contribution < -0.4 is 10.6 Å². The van der Waals surface area contributed by atoms with Crippen molar-refractivity contribution in [1.29, 1.82) is 0 Å². The van der Waals surface area contributed by atoms with Gasteiger partial charge in [-0.25, -0.2) is 0 Å². The van der Waals surface area contributed by atoms with Crippen LogP contribution in [0, 0.1) is 6.92 Å². The summed E-state index contributed by atoms with van der Waals surface area (Å²) in [7, 11) is 0. The molecule has 7 heteroatoms. The lowest BCUT2D eigenvalue weighted by Gasteiger charge is -2.10. The number of hydrogen-bond acceptors (Lipinski definition) is 5. The van der Waals surface area contributed by atoms with Crippen molar-refractivity contribution in [3.8, 4) is 0 Å². The van der Waals surface area contributed by atoms with E-state index in [-0.39, 0.29) is 0 Å². The maximum Gasteiger partial charge on any atom is 0.244 e. The minimum Gasteiger partial charge on any atom is -0.349 e. The molecule has 0 spiro atoms. The molecular weight excluding hydrogens is 345 g/mol. The van der Waals surface area contributed by atoms with E-state index in [4.69, 9.17) is 23.2 Å². The molecule has 122 valence electrons. The van der Waals surface area contributed by atoms with Crippen molar-refractivity contribution in [3.05, 3.63) is 69.8 Å². The quantitative estimate of drug-likeness (QED) is 0.682. The summed E-state index contributed by atoms with van der Waals surface area (Å²) in [5.74, 6) is 0.927. The smallest absolute Gasteiger partial charge is 0.244 e. The number of aryl methyl sites for hydroxylation is 1. The zero-order valence-corrected chi connectivity index (χ0v) is 14.4. The Morgan fingerprint density at radius 1 is 1.04 bits per heavy atom. The Bertz CT molecular complexity index is 834. The summed E-state index contributed by atoms with van der Waals surface area (Å²) in [5, 5.41) is 15.2. The third-order valence-corrected chi connectivity index (χ3v) is 3.94. The van der Waals surface area contributed by atoms with E-state index in [1.54, 1.807) is 18.2 Å². The molecule has 3 rings (SSSR count). The number of benzene rings is 2. The SMILES string of the molecule is Cc1cccc(CNc2nncc(Nc3c(Cl)cccc3Cl)n2)c1. The molecular formula is C17H15Cl2N5. The molecule has 24 heavy (non-hydrogen) atoms. The van der Waals surface area contributed by atoms with Crippen LogP contribution in [0.4, 0.5) is 17.5 Å². The van der Waals surface area contributed by atoms with E-state index in [9.17, 15) is 0 Å². The van der Waals surface area contributed by atoms with Crippen LogP contribution in [0.25, 0.3) is 0 Å². The number of rotatable bonds is 5. The Morgan fingerprint density at radius 2 is 1.79 bits per heavy atom. The Balaban J connectivity index is 1.72. The second-order valence-electron chi connectivity index (χ2n) is 5.23. The van der Waals surface area contributed by atoms with Gasteiger partial charge in [0.1, 0.15) is 0 Å². The summed E-state index contributed by atoms with van der Waals surface area (Å²) in [5.41, 5.74) is 2.94. The lowest BCUT2D eigenvalue weighted by molar-refractivity contribution is 0.948. The molecule has 0 radical (unpaired) electrons.